The van der Waals surface area contributed by atoms with Gasteiger partial charge >= 0.3 is 5.97 Å². The topological polar surface area (TPSA) is 85.5 Å². The first-order chi connectivity index (χ1) is 8.65. The number of rotatable bonds is 5. The molecule has 1 N–H and O–H groups in total. The molecule has 0 aromatic carbocycles. The summed E-state index contributed by atoms with van der Waals surface area (Å²) >= 11 is 1.81. The molecule has 1 aromatic rings. The zero-order chi connectivity index (χ0) is 13.0. The molecule has 0 aliphatic carbocycles. The van der Waals surface area contributed by atoms with Gasteiger partial charge in [0.2, 0.25) is 11.7 Å². The second-order valence-corrected chi connectivity index (χ2v) is 5.54. The van der Waals surface area contributed by atoms with Crippen LogP contribution in [0.1, 0.15) is 31.2 Å². The number of carboxylic acid groups (broad SMARTS) is 1. The van der Waals surface area contributed by atoms with Gasteiger partial charge in [-0.05, 0) is 5.92 Å². The molecule has 2 rings (SSSR count). The molecule has 2 heterocycles. The van der Waals surface area contributed by atoms with Crippen molar-refractivity contribution in [2.24, 2.45) is 5.92 Å². The summed E-state index contributed by atoms with van der Waals surface area (Å²) in [7, 11) is 0. The first kappa shape index (κ1) is 13.4. The lowest BCUT2D eigenvalue weighted by Gasteiger charge is -2.18. The second-order valence-electron chi connectivity index (χ2n) is 4.39. The van der Waals surface area contributed by atoms with E-state index in [1.807, 2.05) is 6.92 Å². The number of thioether (sulfide) groups is 1. The summed E-state index contributed by atoms with van der Waals surface area (Å²) < 4.78 is 10.7. The van der Waals surface area contributed by atoms with Gasteiger partial charge in [-0.25, -0.2) is 0 Å². The van der Waals surface area contributed by atoms with Gasteiger partial charge in [0.15, 0.2) is 0 Å². The fraction of sp³-hybridized carbons (Fsp3) is 0.727. The summed E-state index contributed by atoms with van der Waals surface area (Å²) in [5.74, 6) is 2.06. The highest BCUT2D eigenvalue weighted by atomic mass is 32.2. The summed E-state index contributed by atoms with van der Waals surface area (Å²) in [6.07, 6.45) is 0.489. The van der Waals surface area contributed by atoms with Crippen molar-refractivity contribution < 1.29 is 19.2 Å². The van der Waals surface area contributed by atoms with Gasteiger partial charge < -0.3 is 14.4 Å². The Morgan fingerprint density at radius 3 is 3.17 bits per heavy atom. The van der Waals surface area contributed by atoms with Crippen LogP contribution in [0.15, 0.2) is 4.52 Å². The van der Waals surface area contributed by atoms with Crippen molar-refractivity contribution in [2.75, 3.05) is 18.1 Å². The number of aromatic nitrogens is 2. The number of nitrogens with zero attached hydrogens (tertiary/aromatic N) is 2. The largest absolute Gasteiger partial charge is 0.481 e. The first-order valence-corrected chi connectivity index (χ1v) is 7.04. The maximum absolute atomic E-state index is 10.6. The van der Waals surface area contributed by atoms with Gasteiger partial charge in [-0.15, -0.1) is 0 Å². The van der Waals surface area contributed by atoms with Gasteiger partial charge in [-0.2, -0.15) is 16.7 Å². The predicted molar refractivity (Wildman–Crippen MR) is 65.4 cm³/mol. The summed E-state index contributed by atoms with van der Waals surface area (Å²) in [5, 5.41) is 12.6. The molecule has 0 radical (unpaired) electrons. The van der Waals surface area contributed by atoms with Gasteiger partial charge in [0.05, 0.1) is 6.61 Å². The molecule has 1 fully saturated rings. The van der Waals surface area contributed by atoms with Crippen LogP contribution in [-0.2, 0) is 16.0 Å². The maximum atomic E-state index is 10.6. The van der Waals surface area contributed by atoms with Crippen molar-refractivity contribution in [3.8, 4) is 0 Å². The fourth-order valence-electron chi connectivity index (χ4n) is 1.79. The summed E-state index contributed by atoms with van der Waals surface area (Å²) in [5.41, 5.74) is 0. The molecule has 100 valence electrons. The van der Waals surface area contributed by atoms with Gasteiger partial charge in [0, 0.05) is 24.3 Å². The van der Waals surface area contributed by atoms with E-state index in [9.17, 15) is 4.79 Å². The fourth-order valence-corrected chi connectivity index (χ4v) is 2.63. The molecule has 1 aromatic heterocycles. The van der Waals surface area contributed by atoms with E-state index in [-0.39, 0.29) is 18.4 Å². The van der Waals surface area contributed by atoms with E-state index >= 15 is 0 Å². The Morgan fingerprint density at radius 2 is 2.50 bits per heavy atom. The van der Waals surface area contributed by atoms with Gasteiger partial charge in [-0.1, -0.05) is 12.1 Å². The number of carboxylic acids is 1. The minimum atomic E-state index is -0.811. The molecule has 0 bridgehead atoms. The normalized spacial score (nSPS) is 21.7. The highest BCUT2D eigenvalue weighted by molar-refractivity contribution is 7.99. The van der Waals surface area contributed by atoms with Crippen LogP contribution < -0.4 is 0 Å². The van der Waals surface area contributed by atoms with E-state index in [1.165, 1.54) is 0 Å². The van der Waals surface area contributed by atoms with E-state index in [0.29, 0.717) is 24.7 Å². The molecule has 0 amide bonds. The third kappa shape index (κ3) is 3.71. The van der Waals surface area contributed by atoms with Crippen LogP contribution in [0.25, 0.3) is 0 Å². The molecule has 2 atom stereocenters. The number of carbonyl (C=O) groups is 1. The molecule has 7 heteroatoms. The Kier molecular flexibility index (Phi) is 4.60. The Balaban J connectivity index is 1.91. The molecule has 1 aliphatic heterocycles. The van der Waals surface area contributed by atoms with Crippen molar-refractivity contribution in [3.63, 3.8) is 0 Å². The molecule has 18 heavy (non-hydrogen) atoms. The Labute approximate surface area is 109 Å². The van der Waals surface area contributed by atoms with Crippen LogP contribution >= 0.6 is 11.8 Å². The minimum Gasteiger partial charge on any atom is -0.481 e. The quantitative estimate of drug-likeness (QED) is 0.869. The van der Waals surface area contributed by atoms with Crippen LogP contribution in [0.4, 0.5) is 0 Å². The van der Waals surface area contributed by atoms with Crippen LogP contribution in [0.2, 0.25) is 0 Å². The lowest BCUT2D eigenvalue weighted by atomic mass is 10.0. The molecule has 0 saturated carbocycles. The number of hydrogen-bond acceptors (Lipinski definition) is 6. The van der Waals surface area contributed by atoms with E-state index in [2.05, 4.69) is 10.1 Å². The van der Waals surface area contributed by atoms with Crippen molar-refractivity contribution in [2.45, 2.75) is 25.9 Å². The maximum Gasteiger partial charge on any atom is 0.303 e. The summed E-state index contributed by atoms with van der Waals surface area (Å²) in [6, 6.07) is 0. The van der Waals surface area contributed by atoms with Crippen molar-refractivity contribution in [3.05, 3.63) is 11.7 Å². The minimum absolute atomic E-state index is 0.0163. The third-order valence-electron chi connectivity index (χ3n) is 2.63. The number of hydrogen-bond donors (Lipinski definition) is 1. The SMILES string of the molecule is CC(CC(=O)O)Cc1nc(C2CSCCO2)no1. The van der Waals surface area contributed by atoms with Crippen molar-refractivity contribution in [1.29, 1.82) is 0 Å². The van der Waals surface area contributed by atoms with E-state index in [4.69, 9.17) is 14.4 Å². The highest BCUT2D eigenvalue weighted by Gasteiger charge is 2.22. The zero-order valence-corrected chi connectivity index (χ0v) is 11.0. The monoisotopic (exact) mass is 272 g/mol. The lowest BCUT2D eigenvalue weighted by Crippen LogP contribution is -2.16. The van der Waals surface area contributed by atoms with E-state index in [0.717, 1.165) is 11.5 Å². The Hall–Kier alpha value is -1.08. The van der Waals surface area contributed by atoms with Gasteiger partial charge in [0.1, 0.15) is 6.10 Å². The van der Waals surface area contributed by atoms with Gasteiger partial charge in [-0.3, -0.25) is 4.79 Å². The van der Waals surface area contributed by atoms with Gasteiger partial charge in [0.25, 0.3) is 0 Å². The average Bonchev–Trinajstić information content (AvgIpc) is 2.77. The molecule has 6 nitrogen and oxygen atoms in total. The van der Waals surface area contributed by atoms with Crippen LogP contribution in [0, 0.1) is 5.92 Å². The van der Waals surface area contributed by atoms with Crippen molar-refractivity contribution >= 4 is 17.7 Å². The first-order valence-electron chi connectivity index (χ1n) is 5.88. The summed E-state index contributed by atoms with van der Waals surface area (Å²) in [4.78, 5) is 14.8. The van der Waals surface area contributed by atoms with Crippen LogP contribution in [0.3, 0.4) is 0 Å². The molecule has 0 spiro atoms. The Morgan fingerprint density at radius 1 is 1.67 bits per heavy atom. The third-order valence-corrected chi connectivity index (χ3v) is 3.63. The zero-order valence-electron chi connectivity index (χ0n) is 10.2. The lowest BCUT2D eigenvalue weighted by molar-refractivity contribution is -0.137. The number of aliphatic carboxylic acids is 1. The standard InChI is InChI=1S/C11H16N2O4S/c1-7(5-10(14)15)4-9-12-11(13-17-9)8-6-18-3-2-16-8/h7-8H,2-6H2,1H3,(H,14,15). The smallest absolute Gasteiger partial charge is 0.303 e. The van der Waals surface area contributed by atoms with Crippen LogP contribution in [-0.4, -0.2) is 39.3 Å². The molecule has 1 aliphatic rings. The summed E-state index contributed by atoms with van der Waals surface area (Å²) in [6.45, 7) is 2.56. The molecular weight excluding hydrogens is 256 g/mol. The van der Waals surface area contributed by atoms with Crippen LogP contribution in [0.5, 0.6) is 0 Å². The molecule has 1 saturated heterocycles. The molecular formula is C11H16N2O4S. The highest BCUT2D eigenvalue weighted by Crippen LogP contribution is 2.24. The molecule has 2 unspecified atom stereocenters. The Bertz CT molecular complexity index is 404. The second kappa shape index (κ2) is 6.19. The van der Waals surface area contributed by atoms with Crippen molar-refractivity contribution in [1.82, 2.24) is 10.1 Å². The van der Waals surface area contributed by atoms with E-state index < -0.39 is 5.97 Å². The average molecular weight is 272 g/mol. The predicted octanol–water partition coefficient (Wildman–Crippen LogP) is 1.53. The van der Waals surface area contributed by atoms with E-state index in [1.54, 1.807) is 11.8 Å². The number of ether oxygens (including phenoxy) is 1.